The van der Waals surface area contributed by atoms with E-state index < -0.39 is 24.0 Å². The molecule has 1 heterocycles. The van der Waals surface area contributed by atoms with Gasteiger partial charge in [-0.3, -0.25) is 0 Å². The number of alkyl halides is 2. The fourth-order valence-corrected chi connectivity index (χ4v) is 2.95. The average Bonchev–Trinajstić information content (AvgIpc) is 2.93. The molecule has 1 aliphatic rings. The maximum Gasteiger partial charge on any atom is 0.387 e. The van der Waals surface area contributed by atoms with Gasteiger partial charge in [-0.1, -0.05) is 17.7 Å². The molecule has 0 aromatic heterocycles. The molecule has 2 aromatic carbocycles. The fourth-order valence-electron chi connectivity index (χ4n) is 2.69. The molecule has 2 nitrogen and oxygen atoms in total. The van der Waals surface area contributed by atoms with Crippen molar-refractivity contribution in [1.29, 1.82) is 0 Å². The minimum Gasteiger partial charge on any atom is -0.493 e. The van der Waals surface area contributed by atoms with Gasteiger partial charge in [0, 0.05) is 29.2 Å². The van der Waals surface area contributed by atoms with Gasteiger partial charge in [-0.2, -0.15) is 8.78 Å². The van der Waals surface area contributed by atoms with E-state index in [1.54, 1.807) is 6.92 Å². The predicted molar refractivity (Wildman–Crippen MR) is 77.4 cm³/mol. The van der Waals surface area contributed by atoms with E-state index >= 15 is 0 Å². The van der Waals surface area contributed by atoms with Gasteiger partial charge in [-0.05, 0) is 18.6 Å². The van der Waals surface area contributed by atoms with Gasteiger partial charge in [0.2, 0.25) is 0 Å². The number of hydrogen-bond acceptors (Lipinski definition) is 2. The molecular weight excluding hydrogens is 336 g/mol. The minimum atomic E-state index is -3.17. The highest BCUT2D eigenvalue weighted by molar-refractivity contribution is 6.33. The molecule has 0 saturated carbocycles. The van der Waals surface area contributed by atoms with Crippen molar-refractivity contribution in [3.8, 4) is 22.6 Å². The van der Waals surface area contributed by atoms with Crippen LogP contribution in [-0.2, 0) is 6.42 Å². The topological polar surface area (TPSA) is 18.5 Å². The first-order valence-electron chi connectivity index (χ1n) is 6.78. The molecule has 7 heteroatoms. The lowest BCUT2D eigenvalue weighted by Gasteiger charge is -2.16. The quantitative estimate of drug-likeness (QED) is 0.717. The van der Waals surface area contributed by atoms with Gasteiger partial charge < -0.3 is 9.47 Å². The molecule has 0 amide bonds. The number of halogens is 5. The molecule has 122 valence electrons. The van der Waals surface area contributed by atoms with Crippen molar-refractivity contribution >= 4 is 11.6 Å². The molecule has 0 bridgehead atoms. The molecule has 23 heavy (non-hydrogen) atoms. The normalized spacial score (nSPS) is 13.2. The maximum atomic E-state index is 14.7. The van der Waals surface area contributed by atoms with Crippen LogP contribution in [0, 0.1) is 18.6 Å². The standard InChI is InChI=1S/C16H11ClF4O2/c1-7-2-3-10(23-16(20)21)15(19)12(7)13-8-4-5-22-11(8)6-9(18)14(13)17/h2-3,6,16H,4-5H2,1H3. The highest BCUT2D eigenvalue weighted by Crippen LogP contribution is 2.45. The second-order valence-electron chi connectivity index (χ2n) is 5.07. The molecular formula is C16H11ClF4O2. The Balaban J connectivity index is 2.28. The maximum absolute atomic E-state index is 14.7. The molecule has 3 rings (SSSR count). The predicted octanol–water partition coefficient (Wildman–Crippen LogP) is 5.13. The highest BCUT2D eigenvalue weighted by atomic mass is 35.5. The summed E-state index contributed by atoms with van der Waals surface area (Å²) in [5.41, 5.74) is 1.03. The fraction of sp³-hybridized carbons (Fsp3) is 0.250. The number of rotatable bonds is 3. The van der Waals surface area contributed by atoms with Gasteiger partial charge in [-0.15, -0.1) is 0 Å². The zero-order valence-corrected chi connectivity index (χ0v) is 12.7. The smallest absolute Gasteiger partial charge is 0.387 e. The molecule has 0 radical (unpaired) electrons. The second-order valence-corrected chi connectivity index (χ2v) is 5.45. The number of fused-ring (bicyclic) bond motifs is 1. The number of hydrogen-bond donors (Lipinski definition) is 0. The molecule has 0 saturated heterocycles. The van der Waals surface area contributed by atoms with Crippen LogP contribution in [0.2, 0.25) is 5.02 Å². The molecule has 0 fully saturated rings. The van der Waals surface area contributed by atoms with Crippen LogP contribution in [0.15, 0.2) is 18.2 Å². The van der Waals surface area contributed by atoms with Crippen LogP contribution in [0.4, 0.5) is 17.6 Å². The third-order valence-electron chi connectivity index (χ3n) is 3.68. The van der Waals surface area contributed by atoms with Crippen molar-refractivity contribution in [2.45, 2.75) is 20.0 Å². The average molecular weight is 347 g/mol. The Morgan fingerprint density at radius 3 is 2.65 bits per heavy atom. The van der Waals surface area contributed by atoms with Gasteiger partial charge in [0.05, 0.1) is 11.6 Å². The summed E-state index contributed by atoms with van der Waals surface area (Å²) in [5, 5.41) is -0.273. The van der Waals surface area contributed by atoms with E-state index in [2.05, 4.69) is 4.74 Å². The summed E-state index contributed by atoms with van der Waals surface area (Å²) in [6.45, 7) is -1.28. The first kappa shape index (κ1) is 15.9. The third kappa shape index (κ3) is 2.72. The van der Waals surface area contributed by atoms with Gasteiger partial charge in [0.25, 0.3) is 0 Å². The van der Waals surface area contributed by atoms with Crippen LogP contribution in [0.25, 0.3) is 11.1 Å². The summed E-state index contributed by atoms with van der Waals surface area (Å²) < 4.78 is 63.0. The number of benzene rings is 2. The van der Waals surface area contributed by atoms with Gasteiger partial charge in [0.15, 0.2) is 11.6 Å². The zero-order valence-electron chi connectivity index (χ0n) is 11.9. The van der Waals surface area contributed by atoms with E-state index in [1.165, 1.54) is 6.07 Å². The van der Waals surface area contributed by atoms with Crippen molar-refractivity contribution in [2.75, 3.05) is 6.61 Å². The minimum absolute atomic E-state index is 0.0607. The molecule has 2 aromatic rings. The SMILES string of the molecule is Cc1ccc(OC(F)F)c(F)c1-c1c(Cl)c(F)cc2c1CCO2. The molecule has 0 N–H and O–H groups in total. The van der Waals surface area contributed by atoms with E-state index in [0.717, 1.165) is 12.1 Å². The van der Waals surface area contributed by atoms with E-state index in [9.17, 15) is 17.6 Å². The van der Waals surface area contributed by atoms with Crippen molar-refractivity contribution in [1.82, 2.24) is 0 Å². The van der Waals surface area contributed by atoms with Crippen LogP contribution in [0.5, 0.6) is 11.5 Å². The van der Waals surface area contributed by atoms with Gasteiger partial charge in [-0.25, -0.2) is 8.78 Å². The van der Waals surface area contributed by atoms with E-state index in [1.807, 2.05) is 0 Å². The Bertz CT molecular complexity index is 777. The lowest BCUT2D eigenvalue weighted by Crippen LogP contribution is -2.05. The Hall–Kier alpha value is -1.95. The molecule has 0 unspecified atom stereocenters. The van der Waals surface area contributed by atoms with Crippen LogP contribution < -0.4 is 9.47 Å². The van der Waals surface area contributed by atoms with Gasteiger partial charge >= 0.3 is 6.61 Å². The van der Waals surface area contributed by atoms with E-state index in [0.29, 0.717) is 24.2 Å². The van der Waals surface area contributed by atoms with Crippen molar-refractivity contribution in [3.05, 3.63) is 46.0 Å². The van der Waals surface area contributed by atoms with Crippen molar-refractivity contribution in [3.63, 3.8) is 0 Å². The summed E-state index contributed by atoms with van der Waals surface area (Å²) >= 11 is 6.03. The van der Waals surface area contributed by atoms with Crippen molar-refractivity contribution < 1.29 is 27.0 Å². The van der Waals surface area contributed by atoms with Crippen LogP contribution in [-0.4, -0.2) is 13.2 Å². The zero-order chi connectivity index (χ0) is 16.7. The summed E-state index contributed by atoms with van der Waals surface area (Å²) in [6, 6.07) is 3.66. The summed E-state index contributed by atoms with van der Waals surface area (Å²) in [6.07, 6.45) is 0.420. The molecule has 0 spiro atoms. The lowest BCUT2D eigenvalue weighted by molar-refractivity contribution is -0.0521. The summed E-state index contributed by atoms with van der Waals surface area (Å²) in [7, 11) is 0. The van der Waals surface area contributed by atoms with E-state index in [4.69, 9.17) is 16.3 Å². The first-order chi connectivity index (χ1) is 10.9. The Kier molecular flexibility index (Phi) is 4.10. The Morgan fingerprint density at radius 2 is 1.96 bits per heavy atom. The molecule has 1 aliphatic heterocycles. The van der Waals surface area contributed by atoms with Crippen LogP contribution in [0.3, 0.4) is 0 Å². The first-order valence-corrected chi connectivity index (χ1v) is 7.16. The van der Waals surface area contributed by atoms with Crippen molar-refractivity contribution in [2.24, 2.45) is 0 Å². The number of ether oxygens (including phenoxy) is 2. The Morgan fingerprint density at radius 1 is 1.22 bits per heavy atom. The summed E-state index contributed by atoms with van der Waals surface area (Å²) in [5.74, 6) is -2.11. The highest BCUT2D eigenvalue weighted by Gasteiger charge is 2.27. The summed E-state index contributed by atoms with van der Waals surface area (Å²) in [4.78, 5) is 0. The molecule has 0 atom stereocenters. The van der Waals surface area contributed by atoms with E-state index in [-0.39, 0.29) is 21.9 Å². The van der Waals surface area contributed by atoms with Crippen LogP contribution >= 0.6 is 11.6 Å². The Labute approximate surface area is 134 Å². The number of aryl methyl sites for hydroxylation is 1. The van der Waals surface area contributed by atoms with Crippen LogP contribution in [0.1, 0.15) is 11.1 Å². The third-order valence-corrected chi connectivity index (χ3v) is 4.05. The van der Waals surface area contributed by atoms with Gasteiger partial charge in [0.1, 0.15) is 11.6 Å². The monoisotopic (exact) mass is 346 g/mol. The lowest BCUT2D eigenvalue weighted by atomic mass is 9.93. The second kappa shape index (κ2) is 5.92. The largest absolute Gasteiger partial charge is 0.493 e. The molecule has 0 aliphatic carbocycles.